The summed E-state index contributed by atoms with van der Waals surface area (Å²) in [7, 11) is 3.02. The molecule has 0 N–H and O–H groups in total. The van der Waals surface area contributed by atoms with Crippen molar-refractivity contribution >= 4 is 17.0 Å². The van der Waals surface area contributed by atoms with Crippen LogP contribution < -0.4 is 0 Å². The highest BCUT2D eigenvalue weighted by Crippen LogP contribution is 2.17. The van der Waals surface area contributed by atoms with E-state index in [0.29, 0.717) is 19.6 Å². The van der Waals surface area contributed by atoms with Crippen LogP contribution >= 0.6 is 0 Å². The zero-order chi connectivity index (χ0) is 13.0. The molecule has 2 aromatic rings. The fourth-order valence-electron chi connectivity index (χ4n) is 1.92. The number of aromatic nitrogens is 2. The summed E-state index contributed by atoms with van der Waals surface area (Å²) in [5.74, 6) is 0.596. The first-order chi connectivity index (χ1) is 8.76. The number of carbonyl (C=O) groups is 1. The van der Waals surface area contributed by atoms with Gasteiger partial charge in [0.2, 0.25) is 0 Å². The second-order valence-corrected chi connectivity index (χ2v) is 3.93. The molecule has 0 bridgehead atoms. The van der Waals surface area contributed by atoms with E-state index in [1.165, 1.54) is 7.11 Å². The van der Waals surface area contributed by atoms with E-state index in [1.807, 2.05) is 28.8 Å². The molecule has 0 aliphatic carbocycles. The summed E-state index contributed by atoms with van der Waals surface area (Å²) >= 11 is 0. The lowest BCUT2D eigenvalue weighted by Gasteiger charge is -2.07. The molecule has 0 saturated carbocycles. The van der Waals surface area contributed by atoms with Gasteiger partial charge in [-0.2, -0.15) is 0 Å². The highest BCUT2D eigenvalue weighted by atomic mass is 16.5. The zero-order valence-electron chi connectivity index (χ0n) is 10.5. The van der Waals surface area contributed by atoms with Crippen molar-refractivity contribution in [1.82, 2.24) is 9.55 Å². The molecule has 5 nitrogen and oxygen atoms in total. The van der Waals surface area contributed by atoms with Crippen molar-refractivity contribution in [1.29, 1.82) is 0 Å². The van der Waals surface area contributed by atoms with Gasteiger partial charge in [0.05, 0.1) is 24.6 Å². The maximum absolute atomic E-state index is 11.2. The van der Waals surface area contributed by atoms with Gasteiger partial charge in [0, 0.05) is 13.7 Å². The summed E-state index contributed by atoms with van der Waals surface area (Å²) in [5, 5.41) is 0. The van der Waals surface area contributed by atoms with Crippen molar-refractivity contribution in [3.63, 3.8) is 0 Å². The molecule has 0 amide bonds. The number of methoxy groups -OCH3 is 2. The van der Waals surface area contributed by atoms with E-state index in [0.717, 1.165) is 16.9 Å². The Morgan fingerprint density at radius 2 is 2.11 bits per heavy atom. The van der Waals surface area contributed by atoms with Gasteiger partial charge in [-0.15, -0.1) is 0 Å². The van der Waals surface area contributed by atoms with Gasteiger partial charge in [-0.05, 0) is 12.1 Å². The van der Waals surface area contributed by atoms with E-state index in [4.69, 9.17) is 4.74 Å². The third kappa shape index (κ3) is 2.51. The molecule has 0 unspecified atom stereocenters. The molecule has 0 atom stereocenters. The molecular weight excluding hydrogens is 232 g/mol. The fourth-order valence-corrected chi connectivity index (χ4v) is 1.92. The van der Waals surface area contributed by atoms with Gasteiger partial charge in [0.15, 0.2) is 0 Å². The van der Waals surface area contributed by atoms with Crippen LogP contribution in [0, 0.1) is 0 Å². The number of hydrogen-bond donors (Lipinski definition) is 0. The van der Waals surface area contributed by atoms with Crippen molar-refractivity contribution in [2.45, 2.75) is 19.6 Å². The number of benzene rings is 1. The summed E-state index contributed by atoms with van der Waals surface area (Å²) < 4.78 is 11.8. The summed E-state index contributed by atoms with van der Waals surface area (Å²) in [6.07, 6.45) is 0.327. The normalized spacial score (nSPS) is 10.8. The average Bonchev–Trinajstić information content (AvgIpc) is 2.74. The van der Waals surface area contributed by atoms with Crippen molar-refractivity contribution in [3.05, 3.63) is 30.1 Å². The first-order valence-corrected chi connectivity index (χ1v) is 5.76. The fraction of sp³-hybridized carbons (Fsp3) is 0.385. The molecule has 96 valence electrons. The van der Waals surface area contributed by atoms with Crippen molar-refractivity contribution in [2.75, 3.05) is 14.2 Å². The van der Waals surface area contributed by atoms with Gasteiger partial charge < -0.3 is 14.0 Å². The maximum Gasteiger partial charge on any atom is 0.307 e. The van der Waals surface area contributed by atoms with Gasteiger partial charge in [-0.25, -0.2) is 4.98 Å². The Kier molecular flexibility index (Phi) is 3.94. The smallest absolute Gasteiger partial charge is 0.307 e. The second kappa shape index (κ2) is 5.64. The predicted octanol–water partition coefficient (Wildman–Crippen LogP) is 1.75. The highest BCUT2D eigenvalue weighted by Gasteiger charge is 2.11. The van der Waals surface area contributed by atoms with Crippen LogP contribution in [0.25, 0.3) is 11.0 Å². The molecular formula is C13H16N2O3. The Labute approximate surface area is 105 Å². The molecule has 0 fully saturated rings. The topological polar surface area (TPSA) is 53.4 Å². The van der Waals surface area contributed by atoms with Crippen LogP contribution in [0.3, 0.4) is 0 Å². The minimum absolute atomic E-state index is 0.226. The molecule has 18 heavy (non-hydrogen) atoms. The van der Waals surface area contributed by atoms with Crippen LogP contribution in [-0.2, 0) is 27.4 Å². The first-order valence-electron chi connectivity index (χ1n) is 5.76. The summed E-state index contributed by atoms with van der Waals surface area (Å²) in [6, 6.07) is 7.83. The van der Waals surface area contributed by atoms with Gasteiger partial charge in [-0.3, -0.25) is 4.79 Å². The Morgan fingerprint density at radius 1 is 1.33 bits per heavy atom. The lowest BCUT2D eigenvalue weighted by Crippen LogP contribution is -2.10. The molecule has 1 aromatic heterocycles. The third-order valence-corrected chi connectivity index (χ3v) is 2.77. The molecule has 1 aromatic carbocycles. The number of fused-ring (bicyclic) bond motifs is 1. The SMILES string of the molecule is COCc1nc2ccccc2n1CCC(=O)OC. The first kappa shape index (κ1) is 12.6. The standard InChI is InChI=1S/C13H16N2O3/c1-17-9-12-14-10-5-3-4-6-11(10)15(12)8-7-13(16)18-2/h3-6H,7-9H2,1-2H3. The number of nitrogens with zero attached hydrogens (tertiary/aromatic N) is 2. The molecule has 0 aliphatic rings. The van der Waals surface area contributed by atoms with E-state index < -0.39 is 0 Å². The molecule has 1 heterocycles. The minimum atomic E-state index is -0.226. The van der Waals surface area contributed by atoms with Crippen molar-refractivity contribution in [2.24, 2.45) is 0 Å². The molecule has 0 saturated heterocycles. The van der Waals surface area contributed by atoms with Crippen LogP contribution in [-0.4, -0.2) is 29.7 Å². The largest absolute Gasteiger partial charge is 0.469 e. The lowest BCUT2D eigenvalue weighted by atomic mass is 10.3. The minimum Gasteiger partial charge on any atom is -0.469 e. The Bertz CT molecular complexity index is 548. The van der Waals surface area contributed by atoms with Crippen molar-refractivity contribution < 1.29 is 14.3 Å². The number of imidazole rings is 1. The summed E-state index contributed by atoms with van der Waals surface area (Å²) in [6.45, 7) is 0.974. The van der Waals surface area contributed by atoms with Crippen LogP contribution in [0.5, 0.6) is 0 Å². The highest BCUT2D eigenvalue weighted by molar-refractivity contribution is 5.76. The number of esters is 1. The Hall–Kier alpha value is -1.88. The number of para-hydroxylation sites is 2. The predicted molar refractivity (Wildman–Crippen MR) is 67.1 cm³/mol. The Balaban J connectivity index is 2.32. The van der Waals surface area contributed by atoms with Gasteiger partial charge in [-0.1, -0.05) is 12.1 Å². The van der Waals surface area contributed by atoms with Crippen LogP contribution in [0.2, 0.25) is 0 Å². The zero-order valence-corrected chi connectivity index (χ0v) is 10.5. The number of carbonyl (C=O) groups excluding carboxylic acids is 1. The third-order valence-electron chi connectivity index (χ3n) is 2.77. The summed E-state index contributed by atoms with van der Waals surface area (Å²) in [5.41, 5.74) is 1.92. The van der Waals surface area contributed by atoms with Crippen LogP contribution in [0.15, 0.2) is 24.3 Å². The monoisotopic (exact) mass is 248 g/mol. The number of ether oxygens (including phenoxy) is 2. The summed E-state index contributed by atoms with van der Waals surface area (Å²) in [4.78, 5) is 15.7. The lowest BCUT2D eigenvalue weighted by molar-refractivity contribution is -0.140. The number of hydrogen-bond acceptors (Lipinski definition) is 4. The molecule has 0 radical (unpaired) electrons. The van der Waals surface area contributed by atoms with E-state index in [-0.39, 0.29) is 5.97 Å². The molecule has 0 spiro atoms. The number of rotatable bonds is 5. The van der Waals surface area contributed by atoms with Gasteiger partial charge in [0.25, 0.3) is 0 Å². The molecule has 5 heteroatoms. The molecule has 2 rings (SSSR count). The second-order valence-electron chi connectivity index (χ2n) is 3.93. The van der Waals surface area contributed by atoms with E-state index >= 15 is 0 Å². The maximum atomic E-state index is 11.2. The van der Waals surface area contributed by atoms with Crippen molar-refractivity contribution in [3.8, 4) is 0 Å². The van der Waals surface area contributed by atoms with E-state index in [2.05, 4.69) is 9.72 Å². The van der Waals surface area contributed by atoms with Crippen LogP contribution in [0.4, 0.5) is 0 Å². The number of aryl methyl sites for hydroxylation is 1. The average molecular weight is 248 g/mol. The van der Waals surface area contributed by atoms with Gasteiger partial charge >= 0.3 is 5.97 Å². The molecule has 0 aliphatic heterocycles. The van der Waals surface area contributed by atoms with E-state index in [1.54, 1.807) is 7.11 Å². The van der Waals surface area contributed by atoms with Gasteiger partial charge in [0.1, 0.15) is 12.4 Å². The Morgan fingerprint density at radius 3 is 2.83 bits per heavy atom. The van der Waals surface area contributed by atoms with E-state index in [9.17, 15) is 4.79 Å². The quantitative estimate of drug-likeness (QED) is 0.756. The van der Waals surface area contributed by atoms with Crippen LogP contribution in [0.1, 0.15) is 12.2 Å².